The van der Waals surface area contributed by atoms with E-state index in [1.54, 1.807) is 11.3 Å². The molecule has 2 N–H and O–H groups in total. The fourth-order valence-corrected chi connectivity index (χ4v) is 2.79. The second-order valence-corrected chi connectivity index (χ2v) is 5.90. The maximum atomic E-state index is 5.48. The minimum atomic E-state index is 0.361. The highest BCUT2D eigenvalue weighted by atomic mass is 32.1. The van der Waals surface area contributed by atoms with Crippen LogP contribution in [-0.2, 0) is 6.42 Å². The first-order valence-electron chi connectivity index (χ1n) is 6.63. The van der Waals surface area contributed by atoms with Crippen LogP contribution in [0.25, 0.3) is 4.96 Å². The van der Waals surface area contributed by atoms with Gasteiger partial charge in [0.25, 0.3) is 0 Å². The lowest BCUT2D eigenvalue weighted by molar-refractivity contribution is 0.639. The Bertz CT molecular complexity index is 488. The number of hydrogen-bond acceptors (Lipinski definition) is 5. The highest BCUT2D eigenvalue weighted by Crippen LogP contribution is 2.19. The average molecular weight is 267 g/mol. The number of unbranched alkanes of at least 4 members (excludes halogenated alkanes) is 3. The summed E-state index contributed by atoms with van der Waals surface area (Å²) in [5.74, 6) is 1.31. The second kappa shape index (κ2) is 6.24. The van der Waals surface area contributed by atoms with Crippen molar-refractivity contribution in [3.8, 4) is 0 Å². The second-order valence-electron chi connectivity index (χ2n) is 4.86. The minimum absolute atomic E-state index is 0.361. The van der Waals surface area contributed by atoms with E-state index in [1.165, 1.54) is 19.3 Å². The molecule has 0 fully saturated rings. The summed E-state index contributed by atoms with van der Waals surface area (Å²) in [6, 6.07) is 0. The standard InChI is InChI=1S/C12H21N5S/c1-9(2)11-14-15-12-17(11)16-10(18-12)7-5-3-4-6-8-13/h9H,3-8,13H2,1-2H3. The van der Waals surface area contributed by atoms with Crippen LogP contribution in [0, 0.1) is 0 Å². The Labute approximate surface area is 111 Å². The number of hydrogen-bond donors (Lipinski definition) is 1. The fourth-order valence-electron chi connectivity index (χ4n) is 1.91. The SMILES string of the molecule is CC(C)c1nnc2sc(CCCCCCN)nn12. The lowest BCUT2D eigenvalue weighted by Crippen LogP contribution is -1.99. The summed E-state index contributed by atoms with van der Waals surface area (Å²) >= 11 is 1.65. The molecule has 0 atom stereocenters. The lowest BCUT2D eigenvalue weighted by atomic mass is 10.1. The normalized spacial score (nSPS) is 11.8. The monoisotopic (exact) mass is 267 g/mol. The third-order valence-electron chi connectivity index (χ3n) is 2.92. The smallest absolute Gasteiger partial charge is 0.234 e. The summed E-state index contributed by atoms with van der Waals surface area (Å²) in [5, 5.41) is 14.1. The van der Waals surface area contributed by atoms with Gasteiger partial charge in [0.2, 0.25) is 4.96 Å². The molecule has 0 aromatic carbocycles. The molecule has 0 aliphatic carbocycles. The first-order chi connectivity index (χ1) is 8.72. The molecule has 2 aromatic heterocycles. The first-order valence-corrected chi connectivity index (χ1v) is 7.45. The third-order valence-corrected chi connectivity index (χ3v) is 3.88. The van der Waals surface area contributed by atoms with E-state index in [9.17, 15) is 0 Å². The molecule has 0 bridgehead atoms. The van der Waals surface area contributed by atoms with Crippen molar-refractivity contribution in [1.29, 1.82) is 0 Å². The van der Waals surface area contributed by atoms with Gasteiger partial charge < -0.3 is 5.73 Å². The van der Waals surface area contributed by atoms with E-state index in [0.29, 0.717) is 5.92 Å². The quantitative estimate of drug-likeness (QED) is 0.782. The van der Waals surface area contributed by atoms with Gasteiger partial charge in [-0.2, -0.15) is 9.61 Å². The summed E-state index contributed by atoms with van der Waals surface area (Å²) in [5.41, 5.74) is 5.48. The molecule has 0 unspecified atom stereocenters. The summed E-state index contributed by atoms with van der Waals surface area (Å²) in [6.07, 6.45) is 5.80. The average Bonchev–Trinajstić information content (AvgIpc) is 2.87. The Morgan fingerprint density at radius 2 is 1.94 bits per heavy atom. The van der Waals surface area contributed by atoms with E-state index < -0.39 is 0 Å². The van der Waals surface area contributed by atoms with Crippen LogP contribution in [0.5, 0.6) is 0 Å². The summed E-state index contributed by atoms with van der Waals surface area (Å²) in [6.45, 7) is 5.03. The van der Waals surface area contributed by atoms with Gasteiger partial charge in [0.05, 0.1) is 0 Å². The number of fused-ring (bicyclic) bond motifs is 1. The zero-order valence-corrected chi connectivity index (χ0v) is 11.9. The predicted octanol–water partition coefficient (Wildman–Crippen LogP) is 2.37. The van der Waals surface area contributed by atoms with E-state index in [-0.39, 0.29) is 0 Å². The molecule has 6 heteroatoms. The molecule has 18 heavy (non-hydrogen) atoms. The first kappa shape index (κ1) is 13.4. The van der Waals surface area contributed by atoms with E-state index in [0.717, 1.165) is 35.2 Å². The van der Waals surface area contributed by atoms with Gasteiger partial charge in [-0.25, -0.2) is 0 Å². The molecule has 0 radical (unpaired) electrons. The van der Waals surface area contributed by atoms with Crippen LogP contribution in [0.3, 0.4) is 0 Å². The van der Waals surface area contributed by atoms with Crippen LogP contribution in [0.15, 0.2) is 0 Å². The van der Waals surface area contributed by atoms with Crippen LogP contribution in [0.2, 0.25) is 0 Å². The zero-order valence-electron chi connectivity index (χ0n) is 11.1. The number of nitrogens with zero attached hydrogens (tertiary/aromatic N) is 4. The molecule has 2 heterocycles. The van der Waals surface area contributed by atoms with Gasteiger partial charge in [-0.05, 0) is 19.4 Å². The Morgan fingerprint density at radius 1 is 1.17 bits per heavy atom. The van der Waals surface area contributed by atoms with Crippen LogP contribution < -0.4 is 5.73 Å². The Morgan fingerprint density at radius 3 is 2.67 bits per heavy atom. The van der Waals surface area contributed by atoms with Crippen molar-refractivity contribution >= 4 is 16.3 Å². The van der Waals surface area contributed by atoms with Gasteiger partial charge in [0.15, 0.2) is 5.82 Å². The largest absolute Gasteiger partial charge is 0.330 e. The topological polar surface area (TPSA) is 69.1 Å². The van der Waals surface area contributed by atoms with Crippen molar-refractivity contribution in [2.75, 3.05) is 6.54 Å². The Balaban J connectivity index is 1.94. The lowest BCUT2D eigenvalue weighted by Gasteiger charge is -1.98. The van der Waals surface area contributed by atoms with Crippen molar-refractivity contribution in [3.05, 3.63) is 10.8 Å². The number of nitrogens with two attached hydrogens (primary N) is 1. The van der Waals surface area contributed by atoms with Crippen molar-refractivity contribution in [2.24, 2.45) is 5.73 Å². The van der Waals surface area contributed by atoms with Crippen LogP contribution >= 0.6 is 11.3 Å². The van der Waals surface area contributed by atoms with Gasteiger partial charge in [-0.1, -0.05) is 38.0 Å². The van der Waals surface area contributed by atoms with E-state index in [4.69, 9.17) is 5.73 Å². The van der Waals surface area contributed by atoms with E-state index in [1.807, 2.05) is 4.52 Å². The van der Waals surface area contributed by atoms with Gasteiger partial charge >= 0.3 is 0 Å². The van der Waals surface area contributed by atoms with Gasteiger partial charge in [0, 0.05) is 12.3 Å². The van der Waals surface area contributed by atoms with Crippen LogP contribution in [-0.4, -0.2) is 26.4 Å². The number of aryl methyl sites for hydroxylation is 1. The van der Waals surface area contributed by atoms with E-state index >= 15 is 0 Å². The van der Waals surface area contributed by atoms with Crippen LogP contribution in [0.1, 0.15) is 56.3 Å². The van der Waals surface area contributed by atoms with Gasteiger partial charge in [-0.3, -0.25) is 0 Å². The fraction of sp³-hybridized carbons (Fsp3) is 0.750. The maximum absolute atomic E-state index is 5.48. The molecular weight excluding hydrogens is 246 g/mol. The molecular formula is C12H21N5S. The molecule has 0 saturated carbocycles. The van der Waals surface area contributed by atoms with Gasteiger partial charge in [0.1, 0.15) is 5.01 Å². The molecule has 0 aliphatic heterocycles. The molecule has 0 saturated heterocycles. The zero-order chi connectivity index (χ0) is 13.0. The maximum Gasteiger partial charge on any atom is 0.234 e. The summed E-state index contributed by atoms with van der Waals surface area (Å²) in [7, 11) is 0. The number of rotatable bonds is 7. The third kappa shape index (κ3) is 3.05. The van der Waals surface area contributed by atoms with Crippen molar-refractivity contribution in [3.63, 3.8) is 0 Å². The summed E-state index contributed by atoms with van der Waals surface area (Å²) < 4.78 is 1.89. The van der Waals surface area contributed by atoms with Gasteiger partial charge in [-0.15, -0.1) is 10.2 Å². The van der Waals surface area contributed by atoms with Crippen molar-refractivity contribution in [1.82, 2.24) is 19.8 Å². The molecule has 0 spiro atoms. The van der Waals surface area contributed by atoms with Crippen LogP contribution in [0.4, 0.5) is 0 Å². The predicted molar refractivity (Wildman–Crippen MR) is 74.0 cm³/mol. The molecule has 0 aliphatic rings. The Kier molecular flexibility index (Phi) is 4.66. The number of aromatic nitrogens is 4. The van der Waals surface area contributed by atoms with E-state index in [2.05, 4.69) is 29.1 Å². The molecule has 2 rings (SSSR count). The molecule has 100 valence electrons. The minimum Gasteiger partial charge on any atom is -0.330 e. The summed E-state index contributed by atoms with van der Waals surface area (Å²) in [4.78, 5) is 0.913. The highest BCUT2D eigenvalue weighted by Gasteiger charge is 2.13. The highest BCUT2D eigenvalue weighted by molar-refractivity contribution is 7.16. The van der Waals surface area contributed by atoms with Crippen molar-refractivity contribution < 1.29 is 0 Å². The Hall–Kier alpha value is -1.01. The molecule has 5 nitrogen and oxygen atoms in total. The van der Waals surface area contributed by atoms with Crippen molar-refractivity contribution in [2.45, 2.75) is 51.9 Å². The molecule has 2 aromatic rings. The molecule has 0 amide bonds.